The third kappa shape index (κ3) is 5.62. The van der Waals surface area contributed by atoms with E-state index in [4.69, 9.17) is 10.5 Å². The number of amides is 2. The first-order chi connectivity index (χ1) is 12.5. The van der Waals surface area contributed by atoms with Crippen molar-refractivity contribution < 1.29 is 14.3 Å². The van der Waals surface area contributed by atoms with Crippen molar-refractivity contribution in [3.63, 3.8) is 0 Å². The summed E-state index contributed by atoms with van der Waals surface area (Å²) in [5.74, 6) is -0.256. The van der Waals surface area contributed by atoms with E-state index in [1.54, 1.807) is 0 Å². The lowest BCUT2D eigenvalue weighted by Crippen LogP contribution is -2.49. The summed E-state index contributed by atoms with van der Waals surface area (Å²) in [6.07, 6.45) is 1.46. The van der Waals surface area contributed by atoms with Crippen LogP contribution in [-0.2, 0) is 16.0 Å². The van der Waals surface area contributed by atoms with Gasteiger partial charge in [0.25, 0.3) is 5.91 Å². The highest BCUT2D eigenvalue weighted by Gasteiger charge is 2.23. The molecule has 0 aliphatic rings. The summed E-state index contributed by atoms with van der Waals surface area (Å²) in [6.45, 7) is 3.67. The van der Waals surface area contributed by atoms with Crippen LogP contribution in [0.4, 0.5) is 0 Å². The Bertz CT molecular complexity index is 731. The minimum atomic E-state index is -0.685. The molecule has 2 aromatic carbocycles. The minimum absolute atomic E-state index is 0.0261. The van der Waals surface area contributed by atoms with E-state index >= 15 is 0 Å². The smallest absolute Gasteiger partial charge is 0.258 e. The van der Waals surface area contributed by atoms with Crippen molar-refractivity contribution >= 4 is 11.8 Å². The molecule has 0 radical (unpaired) electrons. The number of benzene rings is 2. The molecule has 2 unspecified atom stereocenters. The molecule has 0 fully saturated rings. The van der Waals surface area contributed by atoms with E-state index in [-0.39, 0.29) is 18.4 Å². The topological polar surface area (TPSA) is 81.4 Å². The van der Waals surface area contributed by atoms with E-state index in [9.17, 15) is 9.59 Å². The van der Waals surface area contributed by atoms with Crippen LogP contribution in [-0.4, -0.2) is 24.5 Å². The molecule has 5 heteroatoms. The first-order valence-corrected chi connectivity index (χ1v) is 8.84. The third-order valence-electron chi connectivity index (χ3n) is 4.40. The fourth-order valence-corrected chi connectivity index (χ4v) is 2.69. The van der Waals surface area contributed by atoms with E-state index in [0.717, 1.165) is 18.4 Å². The summed E-state index contributed by atoms with van der Waals surface area (Å²) in [5, 5.41) is 2.67. The molecular formula is C21H26N2O3. The second kappa shape index (κ2) is 9.61. The average molecular weight is 354 g/mol. The lowest BCUT2D eigenvalue weighted by atomic mass is 9.99. The van der Waals surface area contributed by atoms with Gasteiger partial charge in [-0.15, -0.1) is 0 Å². The number of rotatable bonds is 9. The Morgan fingerprint density at radius 3 is 2.38 bits per heavy atom. The lowest BCUT2D eigenvalue weighted by molar-refractivity contribution is -0.129. The van der Waals surface area contributed by atoms with Gasteiger partial charge in [-0.2, -0.15) is 0 Å². The predicted molar refractivity (Wildman–Crippen MR) is 102 cm³/mol. The van der Waals surface area contributed by atoms with Gasteiger partial charge in [0, 0.05) is 6.42 Å². The Balaban J connectivity index is 1.98. The number of hydrogen-bond donors (Lipinski definition) is 2. The Labute approximate surface area is 154 Å². The summed E-state index contributed by atoms with van der Waals surface area (Å²) in [4.78, 5) is 23.7. The van der Waals surface area contributed by atoms with Crippen molar-refractivity contribution in [1.82, 2.24) is 5.32 Å². The maximum absolute atomic E-state index is 12.2. The number of ether oxygens (including phenoxy) is 1. The van der Waals surface area contributed by atoms with Gasteiger partial charge in [-0.25, -0.2) is 0 Å². The third-order valence-corrected chi connectivity index (χ3v) is 4.40. The fourth-order valence-electron chi connectivity index (χ4n) is 2.69. The van der Waals surface area contributed by atoms with E-state index in [0.29, 0.717) is 5.75 Å². The highest BCUT2D eigenvalue weighted by atomic mass is 16.5. The molecule has 0 saturated heterocycles. The van der Waals surface area contributed by atoms with Gasteiger partial charge in [-0.3, -0.25) is 9.59 Å². The molecule has 2 rings (SSSR count). The quantitative estimate of drug-likeness (QED) is 0.726. The van der Waals surface area contributed by atoms with Crippen molar-refractivity contribution in [2.75, 3.05) is 6.61 Å². The van der Waals surface area contributed by atoms with Gasteiger partial charge in [-0.05, 0) is 23.1 Å². The molecule has 0 aliphatic carbocycles. The first kappa shape index (κ1) is 19.5. The van der Waals surface area contributed by atoms with Gasteiger partial charge in [0.1, 0.15) is 11.8 Å². The number of para-hydroxylation sites is 1. The standard InChI is InChI=1S/C21H26N2O3/c1-3-15(2)20(21(22)25)23-19(24)14-26-18-12-8-7-11-17(18)13-16-9-5-4-6-10-16/h4-12,15,20H,3,13-14H2,1-2H3,(H2,22,25)(H,23,24). The van der Waals surface area contributed by atoms with E-state index in [1.807, 2.05) is 68.4 Å². The molecular weight excluding hydrogens is 328 g/mol. The van der Waals surface area contributed by atoms with Gasteiger partial charge >= 0.3 is 0 Å². The van der Waals surface area contributed by atoms with Crippen molar-refractivity contribution in [3.05, 3.63) is 65.7 Å². The SMILES string of the molecule is CCC(C)C(NC(=O)COc1ccccc1Cc1ccccc1)C(N)=O. The van der Waals surface area contributed by atoms with E-state index in [1.165, 1.54) is 5.56 Å². The second-order valence-corrected chi connectivity index (χ2v) is 6.39. The lowest BCUT2D eigenvalue weighted by Gasteiger charge is -2.21. The van der Waals surface area contributed by atoms with Gasteiger partial charge < -0.3 is 15.8 Å². The molecule has 0 aromatic heterocycles. The van der Waals surface area contributed by atoms with Crippen molar-refractivity contribution in [2.24, 2.45) is 11.7 Å². The monoisotopic (exact) mass is 354 g/mol. The van der Waals surface area contributed by atoms with E-state index < -0.39 is 11.9 Å². The van der Waals surface area contributed by atoms with Crippen LogP contribution < -0.4 is 15.8 Å². The molecule has 0 bridgehead atoms. The molecule has 2 amide bonds. The van der Waals surface area contributed by atoms with Crippen LogP contribution in [0, 0.1) is 5.92 Å². The number of hydrogen-bond acceptors (Lipinski definition) is 3. The van der Waals surface area contributed by atoms with Crippen molar-refractivity contribution in [2.45, 2.75) is 32.7 Å². The highest BCUT2D eigenvalue weighted by Crippen LogP contribution is 2.21. The maximum atomic E-state index is 12.2. The number of carbonyl (C=O) groups excluding carboxylic acids is 2. The van der Waals surface area contributed by atoms with Gasteiger partial charge in [0.15, 0.2) is 6.61 Å². The van der Waals surface area contributed by atoms with Gasteiger partial charge in [-0.1, -0.05) is 68.8 Å². The Kier molecular flexibility index (Phi) is 7.21. The number of nitrogens with two attached hydrogens (primary N) is 1. The second-order valence-electron chi connectivity index (χ2n) is 6.39. The molecule has 0 saturated carbocycles. The zero-order valence-electron chi connectivity index (χ0n) is 15.3. The van der Waals surface area contributed by atoms with Crippen LogP contribution in [0.2, 0.25) is 0 Å². The number of primary amides is 1. The zero-order valence-corrected chi connectivity index (χ0v) is 15.3. The van der Waals surface area contributed by atoms with Crippen molar-refractivity contribution in [3.8, 4) is 5.75 Å². The van der Waals surface area contributed by atoms with E-state index in [2.05, 4.69) is 5.32 Å². The molecule has 0 heterocycles. The van der Waals surface area contributed by atoms with Crippen LogP contribution in [0.1, 0.15) is 31.4 Å². The molecule has 138 valence electrons. The fraction of sp³-hybridized carbons (Fsp3) is 0.333. The number of carbonyl (C=O) groups is 2. The summed E-state index contributed by atoms with van der Waals surface area (Å²) in [5.41, 5.74) is 7.55. The molecule has 0 aliphatic heterocycles. The molecule has 2 aromatic rings. The van der Waals surface area contributed by atoms with Crippen molar-refractivity contribution in [1.29, 1.82) is 0 Å². The molecule has 5 nitrogen and oxygen atoms in total. The predicted octanol–water partition coefficient (Wildman–Crippen LogP) is 2.67. The summed E-state index contributed by atoms with van der Waals surface area (Å²) in [7, 11) is 0. The molecule has 2 atom stereocenters. The first-order valence-electron chi connectivity index (χ1n) is 8.84. The van der Waals surface area contributed by atoms with Gasteiger partial charge in [0.2, 0.25) is 5.91 Å². The molecule has 3 N–H and O–H groups in total. The number of nitrogens with one attached hydrogen (secondary N) is 1. The average Bonchev–Trinajstić information content (AvgIpc) is 2.65. The van der Waals surface area contributed by atoms with Crippen LogP contribution in [0.3, 0.4) is 0 Å². The maximum Gasteiger partial charge on any atom is 0.258 e. The Morgan fingerprint density at radius 1 is 1.08 bits per heavy atom. The molecule has 26 heavy (non-hydrogen) atoms. The summed E-state index contributed by atoms with van der Waals surface area (Å²) >= 11 is 0. The molecule has 0 spiro atoms. The normalized spacial score (nSPS) is 12.8. The Hall–Kier alpha value is -2.82. The Morgan fingerprint density at radius 2 is 1.73 bits per heavy atom. The zero-order chi connectivity index (χ0) is 18.9. The van der Waals surface area contributed by atoms with Crippen LogP contribution in [0.5, 0.6) is 5.75 Å². The van der Waals surface area contributed by atoms with Crippen LogP contribution in [0.25, 0.3) is 0 Å². The largest absolute Gasteiger partial charge is 0.483 e. The van der Waals surface area contributed by atoms with Crippen LogP contribution >= 0.6 is 0 Å². The summed E-state index contributed by atoms with van der Waals surface area (Å²) in [6, 6.07) is 17.0. The minimum Gasteiger partial charge on any atom is -0.483 e. The highest BCUT2D eigenvalue weighted by molar-refractivity contribution is 5.87. The van der Waals surface area contributed by atoms with Crippen LogP contribution in [0.15, 0.2) is 54.6 Å². The van der Waals surface area contributed by atoms with Gasteiger partial charge in [0.05, 0.1) is 0 Å². The summed E-state index contributed by atoms with van der Waals surface area (Å²) < 4.78 is 5.70.